The summed E-state index contributed by atoms with van der Waals surface area (Å²) in [7, 11) is -4.18. The fourth-order valence-corrected chi connectivity index (χ4v) is 19.8. The molecule has 0 nitrogen and oxygen atoms in total. The van der Waals surface area contributed by atoms with Gasteiger partial charge in [-0.05, 0) is 113 Å². The zero-order valence-electron chi connectivity index (χ0n) is 33.3. The molecule has 5 aromatic rings. The molecule has 0 unspecified atom stereocenters. The van der Waals surface area contributed by atoms with Gasteiger partial charge in [-0.3, -0.25) is 0 Å². The second-order valence-electron chi connectivity index (χ2n) is 16.6. The molecule has 4 heteroatoms. The van der Waals surface area contributed by atoms with Crippen LogP contribution >= 0.6 is 0 Å². The molecule has 0 heterocycles. The van der Waals surface area contributed by atoms with Gasteiger partial charge >= 0.3 is 0 Å². The summed E-state index contributed by atoms with van der Waals surface area (Å²) >= 11 is 0. The molecule has 5 rings (SSSR count). The van der Waals surface area contributed by atoms with Crippen LogP contribution in [0, 0.1) is 34.6 Å². The Kier molecular flexibility index (Phi) is 11.7. The molecule has 0 amide bonds. The molecule has 0 N–H and O–H groups in total. The Morgan fingerprint density at radius 3 is 0.904 bits per heavy atom. The van der Waals surface area contributed by atoms with E-state index >= 15 is 0 Å². The Hall–Kier alpha value is -3.97. The molecule has 5 aromatic carbocycles. The van der Waals surface area contributed by atoms with E-state index in [1.54, 1.807) is 0 Å². The molecule has 270 valence electrons. The summed E-state index contributed by atoms with van der Waals surface area (Å²) in [5.74, 6) is 7.28. The lowest BCUT2D eigenvalue weighted by Crippen LogP contribution is -2.43. The number of rotatable bonds is 8. The third kappa shape index (κ3) is 7.18. The van der Waals surface area contributed by atoms with Gasteiger partial charge in [0.05, 0.1) is 0 Å². The lowest BCUT2D eigenvalue weighted by atomic mass is 9.88. The maximum Gasteiger partial charge on any atom is 0.146 e. The molecular formula is C48H56F2Si2. The third-order valence-corrected chi connectivity index (χ3v) is 24.6. The van der Waals surface area contributed by atoms with Crippen molar-refractivity contribution >= 4 is 37.7 Å². The van der Waals surface area contributed by atoms with Crippen molar-refractivity contribution in [3.05, 3.63) is 108 Å². The lowest BCUT2D eigenvalue weighted by molar-refractivity contribution is 0.627. The summed E-state index contributed by atoms with van der Waals surface area (Å²) in [4.78, 5) is 0. The van der Waals surface area contributed by atoms with Crippen LogP contribution in [0.15, 0.2) is 84.9 Å². The van der Waals surface area contributed by atoms with Gasteiger partial charge in [-0.1, -0.05) is 143 Å². The highest BCUT2D eigenvalue weighted by molar-refractivity contribution is 6.91. The normalized spacial score (nSPS) is 12.4. The highest BCUT2D eigenvalue weighted by atomic mass is 28.3. The topological polar surface area (TPSA) is 0 Å². The summed E-state index contributed by atoms with van der Waals surface area (Å²) in [5.41, 5.74) is 17.0. The largest absolute Gasteiger partial charge is 0.207 e. The summed E-state index contributed by atoms with van der Waals surface area (Å²) in [6.07, 6.45) is 0. The minimum absolute atomic E-state index is 0.248. The Morgan fingerprint density at radius 2 is 0.635 bits per heavy atom. The molecule has 0 saturated carbocycles. The van der Waals surface area contributed by atoms with E-state index in [9.17, 15) is 8.78 Å². The zero-order valence-corrected chi connectivity index (χ0v) is 35.3. The summed E-state index contributed by atoms with van der Waals surface area (Å²) < 4.78 is 28.1. The van der Waals surface area contributed by atoms with Crippen LogP contribution in [0.3, 0.4) is 0 Å². The smallest absolute Gasteiger partial charge is 0.146 e. The standard InChI is InChI=1S/C48H56F2Si2/c1-31(2)51(32(3)4,33(5)6)27-25-45-43-23-17-40(38-15-21-42(50)22-16-38)30-48(43)46(26-28-52(34(7)8,35(9)10)36(11)12)44-24-18-39(29-47(44)45)37-13-19-41(49)20-14-37/h13-24,29-36H,1-12H3. The van der Waals surface area contributed by atoms with E-state index in [1.807, 2.05) is 24.3 Å². The number of benzene rings is 5. The van der Waals surface area contributed by atoms with E-state index < -0.39 is 16.1 Å². The minimum Gasteiger partial charge on any atom is -0.207 e. The van der Waals surface area contributed by atoms with E-state index in [0.29, 0.717) is 33.2 Å². The number of halogens is 2. The van der Waals surface area contributed by atoms with Crippen molar-refractivity contribution in [3.63, 3.8) is 0 Å². The average Bonchev–Trinajstić information content (AvgIpc) is 3.08. The first-order chi connectivity index (χ1) is 24.5. The van der Waals surface area contributed by atoms with Crippen molar-refractivity contribution < 1.29 is 8.78 Å². The van der Waals surface area contributed by atoms with Gasteiger partial charge in [-0.25, -0.2) is 8.78 Å². The van der Waals surface area contributed by atoms with E-state index in [0.717, 1.165) is 54.9 Å². The first-order valence-corrected chi connectivity index (χ1v) is 23.6. The van der Waals surface area contributed by atoms with Gasteiger partial charge in [0.2, 0.25) is 0 Å². The second kappa shape index (κ2) is 15.6. The van der Waals surface area contributed by atoms with Crippen LogP contribution in [0.25, 0.3) is 43.8 Å². The van der Waals surface area contributed by atoms with Crippen molar-refractivity contribution in [2.24, 2.45) is 0 Å². The van der Waals surface area contributed by atoms with Crippen molar-refractivity contribution in [1.29, 1.82) is 0 Å². The van der Waals surface area contributed by atoms with E-state index in [2.05, 4.69) is 142 Å². The molecule has 0 radical (unpaired) electrons. The van der Waals surface area contributed by atoms with Gasteiger partial charge in [-0.2, -0.15) is 0 Å². The number of fused-ring (bicyclic) bond motifs is 2. The maximum absolute atomic E-state index is 14.0. The highest BCUT2D eigenvalue weighted by Crippen LogP contribution is 2.44. The molecule has 0 aliphatic heterocycles. The Morgan fingerprint density at radius 1 is 0.365 bits per heavy atom. The predicted octanol–water partition coefficient (Wildman–Crippen LogP) is 14.7. The summed E-state index contributed by atoms with van der Waals surface area (Å²) in [6.45, 7) is 28.2. The van der Waals surface area contributed by atoms with Gasteiger partial charge < -0.3 is 0 Å². The Bertz CT molecular complexity index is 1980. The van der Waals surface area contributed by atoms with Crippen molar-refractivity contribution in [1.82, 2.24) is 0 Å². The lowest BCUT2D eigenvalue weighted by Gasteiger charge is -2.38. The molecule has 52 heavy (non-hydrogen) atoms. The van der Waals surface area contributed by atoms with E-state index in [1.165, 1.54) is 24.3 Å². The van der Waals surface area contributed by atoms with Gasteiger partial charge in [0.15, 0.2) is 0 Å². The van der Waals surface area contributed by atoms with Crippen LogP contribution < -0.4 is 0 Å². The van der Waals surface area contributed by atoms with Crippen LogP contribution in [0.5, 0.6) is 0 Å². The summed E-state index contributed by atoms with van der Waals surface area (Å²) in [6, 6.07) is 26.7. The van der Waals surface area contributed by atoms with Crippen LogP contribution in [-0.4, -0.2) is 16.1 Å². The molecule has 0 fully saturated rings. The van der Waals surface area contributed by atoms with Crippen LogP contribution in [0.1, 0.15) is 94.2 Å². The first-order valence-electron chi connectivity index (χ1n) is 19.2. The molecule has 0 spiro atoms. The molecular weight excluding hydrogens is 671 g/mol. The molecule has 0 aliphatic rings. The van der Waals surface area contributed by atoms with E-state index in [-0.39, 0.29) is 11.6 Å². The third-order valence-electron chi connectivity index (χ3n) is 12.0. The van der Waals surface area contributed by atoms with Crippen LogP contribution in [-0.2, 0) is 0 Å². The fourth-order valence-electron chi connectivity index (χ4n) is 9.35. The molecule has 0 saturated heterocycles. The Labute approximate surface area is 314 Å². The zero-order chi connectivity index (χ0) is 38.1. The van der Waals surface area contributed by atoms with Gasteiger partial charge in [-0.15, -0.1) is 11.1 Å². The van der Waals surface area contributed by atoms with Crippen LogP contribution in [0.4, 0.5) is 8.78 Å². The molecule has 0 aliphatic carbocycles. The Balaban J connectivity index is 1.99. The first kappa shape index (κ1) is 39.2. The van der Waals surface area contributed by atoms with Crippen molar-refractivity contribution in [2.75, 3.05) is 0 Å². The average molecular weight is 727 g/mol. The molecule has 0 bridgehead atoms. The SMILES string of the molecule is CC(C)[Si](C#Cc1c2ccc(-c3ccc(F)cc3)cc2c(C#C[Si](C(C)C)(C(C)C)C(C)C)c2ccc(-c3ccc(F)cc3)cc12)(C(C)C)C(C)C. The number of hydrogen-bond acceptors (Lipinski definition) is 0. The fraction of sp³-hybridized carbons (Fsp3) is 0.375. The summed E-state index contributed by atoms with van der Waals surface area (Å²) in [5, 5.41) is 4.31. The predicted molar refractivity (Wildman–Crippen MR) is 228 cm³/mol. The van der Waals surface area contributed by atoms with Crippen molar-refractivity contribution in [3.8, 4) is 45.2 Å². The second-order valence-corrected chi connectivity index (χ2v) is 27.7. The van der Waals surface area contributed by atoms with Gasteiger partial charge in [0.1, 0.15) is 27.8 Å². The minimum atomic E-state index is -2.09. The number of hydrogen-bond donors (Lipinski definition) is 0. The van der Waals surface area contributed by atoms with Gasteiger partial charge in [0.25, 0.3) is 0 Å². The quantitative estimate of drug-likeness (QED) is 0.0848. The van der Waals surface area contributed by atoms with Gasteiger partial charge in [0, 0.05) is 11.1 Å². The van der Waals surface area contributed by atoms with Crippen molar-refractivity contribution in [2.45, 2.75) is 116 Å². The van der Waals surface area contributed by atoms with Crippen LogP contribution in [0.2, 0.25) is 33.2 Å². The molecule has 0 aromatic heterocycles. The van der Waals surface area contributed by atoms with E-state index in [4.69, 9.17) is 0 Å². The molecule has 0 atom stereocenters. The maximum atomic E-state index is 14.0. The monoisotopic (exact) mass is 726 g/mol. The highest BCUT2D eigenvalue weighted by Gasteiger charge is 2.43.